The Kier molecular flexibility index (Phi) is 3.86. The van der Waals surface area contributed by atoms with Gasteiger partial charge >= 0.3 is 0 Å². The molecule has 1 aromatic rings. The molecule has 2 rings (SSSR count). The van der Waals surface area contributed by atoms with E-state index in [4.69, 9.17) is 16.3 Å². The molecule has 0 bridgehead atoms. The van der Waals surface area contributed by atoms with Crippen molar-refractivity contribution >= 4 is 33.5 Å². The van der Waals surface area contributed by atoms with Gasteiger partial charge in [0.15, 0.2) is 0 Å². The van der Waals surface area contributed by atoms with E-state index in [1.54, 1.807) is 13.3 Å². The number of nitrogens with zero attached hydrogens (tertiary/aromatic N) is 2. The maximum atomic E-state index is 5.91. The molecule has 6 heteroatoms. The van der Waals surface area contributed by atoms with E-state index in [1.165, 1.54) is 0 Å². The summed E-state index contributed by atoms with van der Waals surface area (Å²) >= 11 is 9.22. The van der Waals surface area contributed by atoms with Crippen molar-refractivity contribution in [3.8, 4) is 5.88 Å². The van der Waals surface area contributed by atoms with Crippen LogP contribution in [0.1, 0.15) is 12.8 Å². The van der Waals surface area contributed by atoms with E-state index >= 15 is 0 Å². The molecule has 0 saturated heterocycles. The van der Waals surface area contributed by atoms with Gasteiger partial charge in [-0.2, -0.15) is 4.98 Å². The average molecular weight is 307 g/mol. The molecule has 4 nitrogen and oxygen atoms in total. The minimum atomic E-state index is 0.354. The van der Waals surface area contributed by atoms with Crippen molar-refractivity contribution in [3.63, 3.8) is 0 Å². The molecule has 0 aliphatic heterocycles. The minimum absolute atomic E-state index is 0.354. The van der Waals surface area contributed by atoms with Crippen LogP contribution in [-0.4, -0.2) is 29.0 Å². The van der Waals surface area contributed by atoms with Gasteiger partial charge in [0.1, 0.15) is 0 Å². The van der Waals surface area contributed by atoms with Crippen LogP contribution < -0.4 is 10.1 Å². The lowest BCUT2D eigenvalue weighted by atomic mass is 9.85. The van der Waals surface area contributed by atoms with Crippen molar-refractivity contribution in [1.29, 1.82) is 0 Å². The molecular weight excluding hydrogens is 293 g/mol. The summed E-state index contributed by atoms with van der Waals surface area (Å²) in [5, 5.41) is 3.54. The molecule has 1 aliphatic carbocycles. The number of anilines is 1. The fourth-order valence-corrected chi connectivity index (χ4v) is 2.49. The van der Waals surface area contributed by atoms with Crippen LogP contribution in [0.4, 0.5) is 5.95 Å². The van der Waals surface area contributed by atoms with Gasteiger partial charge < -0.3 is 10.1 Å². The van der Waals surface area contributed by atoms with Crippen molar-refractivity contribution in [2.24, 2.45) is 5.92 Å². The van der Waals surface area contributed by atoms with Crippen molar-refractivity contribution < 1.29 is 4.74 Å². The zero-order chi connectivity index (χ0) is 11.5. The molecule has 0 aromatic carbocycles. The number of hydrogen-bond acceptors (Lipinski definition) is 4. The van der Waals surface area contributed by atoms with Gasteiger partial charge in [0.05, 0.1) is 17.8 Å². The van der Waals surface area contributed by atoms with Gasteiger partial charge in [0.25, 0.3) is 0 Å². The number of rotatable bonds is 4. The first kappa shape index (κ1) is 11.9. The Bertz CT molecular complexity index is 371. The molecule has 1 aromatic heterocycles. The zero-order valence-corrected chi connectivity index (χ0v) is 11.3. The van der Waals surface area contributed by atoms with Gasteiger partial charge in [-0.05, 0) is 34.7 Å². The summed E-state index contributed by atoms with van der Waals surface area (Å²) in [7, 11) is 1.58. The summed E-state index contributed by atoms with van der Waals surface area (Å²) < 4.78 is 5.85. The highest BCUT2D eigenvalue weighted by Crippen LogP contribution is 2.31. The molecule has 1 heterocycles. The number of aromatic nitrogens is 2. The number of nitrogens with one attached hydrogen (secondary N) is 1. The zero-order valence-electron chi connectivity index (χ0n) is 8.91. The number of hydrogen-bond donors (Lipinski definition) is 1. The molecule has 0 unspecified atom stereocenters. The normalized spacial score (nSPS) is 23.7. The van der Waals surface area contributed by atoms with Crippen LogP contribution in [0.3, 0.4) is 0 Å². The largest absolute Gasteiger partial charge is 0.480 e. The van der Waals surface area contributed by atoms with Crippen molar-refractivity contribution in [3.05, 3.63) is 10.7 Å². The van der Waals surface area contributed by atoms with Gasteiger partial charge in [0.2, 0.25) is 11.8 Å². The predicted octanol–water partition coefficient (Wildman–Crippen LogP) is 2.68. The maximum Gasteiger partial charge on any atom is 0.232 e. The lowest BCUT2D eigenvalue weighted by Crippen LogP contribution is -2.30. The fraction of sp³-hybridized carbons (Fsp3) is 0.600. The van der Waals surface area contributed by atoms with E-state index in [9.17, 15) is 0 Å². The maximum absolute atomic E-state index is 5.91. The molecular formula is C10H13BrClN3O. The Morgan fingerprint density at radius 3 is 3.00 bits per heavy atom. The molecule has 1 N–H and O–H groups in total. The van der Waals surface area contributed by atoms with Gasteiger partial charge in [-0.15, -0.1) is 11.6 Å². The van der Waals surface area contributed by atoms with Crippen LogP contribution in [0.15, 0.2) is 10.7 Å². The lowest BCUT2D eigenvalue weighted by Gasteiger charge is -2.30. The van der Waals surface area contributed by atoms with E-state index in [0.29, 0.717) is 23.1 Å². The summed E-state index contributed by atoms with van der Waals surface area (Å²) in [6, 6.07) is 0. The first-order chi connectivity index (χ1) is 7.69. The van der Waals surface area contributed by atoms with E-state index < -0.39 is 0 Å². The van der Waals surface area contributed by atoms with E-state index in [-0.39, 0.29) is 0 Å². The molecule has 0 spiro atoms. The standard InChI is InChI=1S/C10H13BrClN3O/c1-16-9-8(11)5-14-10(15-9)13-4-6-2-7(12)3-6/h5-7H,2-4H2,1H3,(H,13,14,15). The third kappa shape index (κ3) is 2.77. The van der Waals surface area contributed by atoms with Gasteiger partial charge in [-0.1, -0.05) is 0 Å². The molecule has 1 saturated carbocycles. The molecule has 1 fully saturated rings. The summed E-state index contributed by atoms with van der Waals surface area (Å²) in [6.45, 7) is 0.869. The molecule has 16 heavy (non-hydrogen) atoms. The second-order valence-corrected chi connectivity index (χ2v) is 5.34. The minimum Gasteiger partial charge on any atom is -0.480 e. The van der Waals surface area contributed by atoms with Crippen LogP contribution in [0.25, 0.3) is 0 Å². The van der Waals surface area contributed by atoms with Gasteiger partial charge in [-0.3, -0.25) is 0 Å². The fourth-order valence-electron chi connectivity index (χ4n) is 1.64. The second kappa shape index (κ2) is 5.19. The third-order valence-corrected chi connectivity index (χ3v) is 3.53. The highest BCUT2D eigenvalue weighted by Gasteiger charge is 2.26. The number of ether oxygens (including phenoxy) is 1. The predicted molar refractivity (Wildman–Crippen MR) is 67.1 cm³/mol. The van der Waals surface area contributed by atoms with Crippen molar-refractivity contribution in [2.45, 2.75) is 18.2 Å². The Balaban J connectivity index is 1.89. The highest BCUT2D eigenvalue weighted by molar-refractivity contribution is 9.10. The summed E-state index contributed by atoms with van der Waals surface area (Å²) in [5.41, 5.74) is 0. The number of methoxy groups -OCH3 is 1. The molecule has 0 amide bonds. The Morgan fingerprint density at radius 1 is 1.62 bits per heavy atom. The van der Waals surface area contributed by atoms with Crippen LogP contribution in [0.2, 0.25) is 0 Å². The van der Waals surface area contributed by atoms with Crippen LogP contribution >= 0.6 is 27.5 Å². The average Bonchev–Trinajstić information content (AvgIpc) is 2.24. The van der Waals surface area contributed by atoms with E-state index in [1.807, 2.05) is 0 Å². The molecule has 0 radical (unpaired) electrons. The SMILES string of the molecule is COc1nc(NCC2CC(Cl)C2)ncc1Br. The van der Waals surface area contributed by atoms with E-state index in [0.717, 1.165) is 23.9 Å². The smallest absolute Gasteiger partial charge is 0.232 e. The summed E-state index contributed by atoms with van der Waals surface area (Å²) in [6.07, 6.45) is 3.82. The quantitative estimate of drug-likeness (QED) is 0.869. The number of alkyl halides is 1. The Labute approximate surface area is 108 Å². The number of halogens is 2. The van der Waals surface area contributed by atoms with Gasteiger partial charge in [-0.25, -0.2) is 4.98 Å². The lowest BCUT2D eigenvalue weighted by molar-refractivity contribution is 0.340. The monoisotopic (exact) mass is 305 g/mol. The second-order valence-electron chi connectivity index (χ2n) is 3.87. The summed E-state index contributed by atoms with van der Waals surface area (Å²) in [5.74, 6) is 1.78. The van der Waals surface area contributed by atoms with Crippen molar-refractivity contribution in [1.82, 2.24) is 9.97 Å². The topological polar surface area (TPSA) is 47.0 Å². The Hall–Kier alpha value is -0.550. The van der Waals surface area contributed by atoms with Crippen LogP contribution in [-0.2, 0) is 0 Å². The van der Waals surface area contributed by atoms with Gasteiger partial charge in [0, 0.05) is 11.9 Å². The van der Waals surface area contributed by atoms with Crippen LogP contribution in [0.5, 0.6) is 5.88 Å². The van der Waals surface area contributed by atoms with E-state index in [2.05, 4.69) is 31.2 Å². The van der Waals surface area contributed by atoms with Crippen LogP contribution in [0, 0.1) is 5.92 Å². The summed E-state index contributed by atoms with van der Waals surface area (Å²) in [4.78, 5) is 8.37. The first-order valence-corrected chi connectivity index (χ1v) is 6.36. The third-order valence-electron chi connectivity index (χ3n) is 2.63. The Morgan fingerprint density at radius 2 is 2.38 bits per heavy atom. The molecule has 0 atom stereocenters. The molecule has 88 valence electrons. The molecule has 1 aliphatic rings. The first-order valence-electron chi connectivity index (χ1n) is 5.13. The highest BCUT2D eigenvalue weighted by atomic mass is 79.9. The van der Waals surface area contributed by atoms with Crippen molar-refractivity contribution in [2.75, 3.05) is 19.0 Å².